The van der Waals surface area contributed by atoms with Gasteiger partial charge in [-0.15, -0.1) is 6.58 Å². The zero-order chi connectivity index (χ0) is 13.2. The third-order valence-corrected chi connectivity index (χ3v) is 3.17. The van der Waals surface area contributed by atoms with E-state index in [2.05, 4.69) is 39.3 Å². The minimum Gasteiger partial charge on any atom is -0.329 e. The van der Waals surface area contributed by atoms with E-state index < -0.39 is 0 Å². The number of allylic oxidation sites excluding steroid dienone is 1. The molecule has 0 unspecified atom stereocenters. The summed E-state index contributed by atoms with van der Waals surface area (Å²) in [5.74, 6) is 0. The predicted molar refractivity (Wildman–Crippen MR) is 77.9 cm³/mol. The molecule has 0 spiro atoms. The summed E-state index contributed by atoms with van der Waals surface area (Å²) in [5.41, 5.74) is 4.20. The maximum Gasteiger partial charge on any atom is 0.140 e. The van der Waals surface area contributed by atoms with E-state index in [-0.39, 0.29) is 0 Å². The largest absolute Gasteiger partial charge is 0.329 e. The van der Waals surface area contributed by atoms with Crippen molar-refractivity contribution in [3.63, 3.8) is 0 Å². The maximum absolute atomic E-state index is 4.55. The molecule has 3 heteroatoms. The first-order valence-corrected chi connectivity index (χ1v) is 6.27. The Morgan fingerprint density at radius 2 is 2.00 bits per heavy atom. The van der Waals surface area contributed by atoms with Gasteiger partial charge in [-0.25, -0.2) is 4.98 Å². The number of rotatable bonds is 3. The standard InChI is InChI=1S/C16H15N3/c1-3-7-19-8-6-13-9-15(11-18-16(13)19)14-5-4-12(2)17-10-14/h3-6,8-11H,1,7H2,2H3. The molecule has 0 saturated carbocycles. The zero-order valence-electron chi connectivity index (χ0n) is 10.9. The second-order valence-electron chi connectivity index (χ2n) is 4.58. The summed E-state index contributed by atoms with van der Waals surface area (Å²) in [6, 6.07) is 8.32. The smallest absolute Gasteiger partial charge is 0.140 e. The monoisotopic (exact) mass is 249 g/mol. The third kappa shape index (κ3) is 2.15. The molecule has 3 heterocycles. The van der Waals surface area contributed by atoms with Crippen LogP contribution in [-0.2, 0) is 6.54 Å². The average molecular weight is 249 g/mol. The molecule has 0 aliphatic carbocycles. The second-order valence-corrected chi connectivity index (χ2v) is 4.58. The lowest BCUT2D eigenvalue weighted by Crippen LogP contribution is -1.94. The van der Waals surface area contributed by atoms with Crippen LogP contribution >= 0.6 is 0 Å². The van der Waals surface area contributed by atoms with Crippen LogP contribution in [0.2, 0.25) is 0 Å². The molecule has 0 N–H and O–H groups in total. The molecule has 3 nitrogen and oxygen atoms in total. The molecule has 3 aromatic heterocycles. The van der Waals surface area contributed by atoms with Gasteiger partial charge in [0.25, 0.3) is 0 Å². The molecule has 0 amide bonds. The Morgan fingerprint density at radius 1 is 1.16 bits per heavy atom. The average Bonchev–Trinajstić information content (AvgIpc) is 2.83. The van der Waals surface area contributed by atoms with Gasteiger partial charge in [0.15, 0.2) is 0 Å². The highest BCUT2D eigenvalue weighted by atomic mass is 15.0. The fourth-order valence-electron chi connectivity index (χ4n) is 2.16. The van der Waals surface area contributed by atoms with Gasteiger partial charge < -0.3 is 4.57 Å². The first kappa shape index (κ1) is 11.7. The Bertz CT molecular complexity index is 723. The van der Waals surface area contributed by atoms with Crippen molar-refractivity contribution in [1.82, 2.24) is 14.5 Å². The van der Waals surface area contributed by atoms with E-state index in [1.165, 1.54) is 0 Å². The molecule has 0 atom stereocenters. The van der Waals surface area contributed by atoms with E-state index in [4.69, 9.17) is 0 Å². The highest BCUT2D eigenvalue weighted by molar-refractivity contribution is 5.81. The molecule has 0 saturated heterocycles. The highest BCUT2D eigenvalue weighted by Gasteiger charge is 2.04. The SMILES string of the molecule is C=CCn1ccc2cc(-c3ccc(C)nc3)cnc21. The zero-order valence-corrected chi connectivity index (χ0v) is 10.9. The first-order chi connectivity index (χ1) is 9.28. The van der Waals surface area contributed by atoms with Crippen molar-refractivity contribution in [3.8, 4) is 11.1 Å². The predicted octanol–water partition coefficient (Wildman–Crippen LogP) is 3.59. The van der Waals surface area contributed by atoms with Crippen LogP contribution in [0.15, 0.2) is 55.5 Å². The van der Waals surface area contributed by atoms with Gasteiger partial charge in [-0.3, -0.25) is 4.98 Å². The molecule has 3 aromatic rings. The van der Waals surface area contributed by atoms with Crippen LogP contribution in [-0.4, -0.2) is 14.5 Å². The Morgan fingerprint density at radius 3 is 2.74 bits per heavy atom. The molecule has 94 valence electrons. The van der Waals surface area contributed by atoms with E-state index >= 15 is 0 Å². The number of aryl methyl sites for hydroxylation is 1. The summed E-state index contributed by atoms with van der Waals surface area (Å²) in [6.07, 6.45) is 7.70. The van der Waals surface area contributed by atoms with Crippen molar-refractivity contribution in [2.75, 3.05) is 0 Å². The summed E-state index contributed by atoms with van der Waals surface area (Å²) in [5, 5.41) is 1.14. The van der Waals surface area contributed by atoms with Crippen LogP contribution in [0, 0.1) is 6.92 Å². The van der Waals surface area contributed by atoms with Crippen molar-refractivity contribution >= 4 is 11.0 Å². The summed E-state index contributed by atoms with van der Waals surface area (Å²) in [6.45, 7) is 6.53. The van der Waals surface area contributed by atoms with Crippen molar-refractivity contribution in [2.24, 2.45) is 0 Å². The Balaban J connectivity index is 2.07. The van der Waals surface area contributed by atoms with E-state index in [9.17, 15) is 0 Å². The third-order valence-electron chi connectivity index (χ3n) is 3.17. The van der Waals surface area contributed by atoms with Crippen LogP contribution in [0.1, 0.15) is 5.69 Å². The summed E-state index contributed by atoms with van der Waals surface area (Å²) in [4.78, 5) is 8.87. The lowest BCUT2D eigenvalue weighted by molar-refractivity contribution is 0.852. The number of aromatic nitrogens is 3. The minimum absolute atomic E-state index is 0.780. The van der Waals surface area contributed by atoms with Crippen molar-refractivity contribution in [3.05, 3.63) is 61.2 Å². The molecule has 0 aromatic carbocycles. The fourth-order valence-corrected chi connectivity index (χ4v) is 2.16. The Kier molecular flexibility index (Phi) is 2.88. The number of fused-ring (bicyclic) bond motifs is 1. The van der Waals surface area contributed by atoms with E-state index in [0.717, 1.165) is 34.4 Å². The molecule has 0 aliphatic heterocycles. The van der Waals surface area contributed by atoms with Crippen molar-refractivity contribution in [1.29, 1.82) is 0 Å². The highest BCUT2D eigenvalue weighted by Crippen LogP contribution is 2.22. The van der Waals surface area contributed by atoms with Crippen LogP contribution in [0.3, 0.4) is 0 Å². The topological polar surface area (TPSA) is 30.7 Å². The van der Waals surface area contributed by atoms with E-state index in [1.54, 1.807) is 0 Å². The molecule has 0 aliphatic rings. The molecule has 19 heavy (non-hydrogen) atoms. The molecule has 0 bridgehead atoms. The molecular formula is C16H15N3. The number of hydrogen-bond donors (Lipinski definition) is 0. The van der Waals surface area contributed by atoms with Crippen LogP contribution in [0.4, 0.5) is 0 Å². The van der Waals surface area contributed by atoms with Crippen LogP contribution in [0.25, 0.3) is 22.2 Å². The summed E-state index contributed by atoms with van der Waals surface area (Å²) < 4.78 is 2.08. The number of hydrogen-bond acceptors (Lipinski definition) is 2. The first-order valence-electron chi connectivity index (χ1n) is 6.27. The number of nitrogens with zero attached hydrogens (tertiary/aromatic N) is 3. The normalized spacial score (nSPS) is 10.8. The molecular weight excluding hydrogens is 234 g/mol. The second kappa shape index (κ2) is 4.69. The van der Waals surface area contributed by atoms with Gasteiger partial charge >= 0.3 is 0 Å². The van der Waals surface area contributed by atoms with Gasteiger partial charge in [0, 0.05) is 47.3 Å². The fraction of sp³-hybridized carbons (Fsp3) is 0.125. The van der Waals surface area contributed by atoms with Gasteiger partial charge in [-0.2, -0.15) is 0 Å². The summed E-state index contributed by atoms with van der Waals surface area (Å²) in [7, 11) is 0. The van der Waals surface area contributed by atoms with Crippen molar-refractivity contribution < 1.29 is 0 Å². The maximum atomic E-state index is 4.55. The van der Waals surface area contributed by atoms with Crippen LogP contribution < -0.4 is 0 Å². The minimum atomic E-state index is 0.780. The van der Waals surface area contributed by atoms with E-state index in [1.807, 2.05) is 37.7 Å². The molecule has 0 fully saturated rings. The number of pyridine rings is 2. The van der Waals surface area contributed by atoms with Crippen LogP contribution in [0.5, 0.6) is 0 Å². The Labute approximate surface area is 112 Å². The quantitative estimate of drug-likeness (QED) is 0.664. The lowest BCUT2D eigenvalue weighted by atomic mass is 10.1. The van der Waals surface area contributed by atoms with Gasteiger partial charge in [0.05, 0.1) is 0 Å². The van der Waals surface area contributed by atoms with Gasteiger partial charge in [-0.1, -0.05) is 12.1 Å². The molecule has 0 radical (unpaired) electrons. The van der Waals surface area contributed by atoms with Gasteiger partial charge in [-0.05, 0) is 25.1 Å². The Hall–Kier alpha value is -2.42. The van der Waals surface area contributed by atoms with Gasteiger partial charge in [0.2, 0.25) is 0 Å². The summed E-state index contributed by atoms with van der Waals surface area (Å²) >= 11 is 0. The lowest BCUT2D eigenvalue weighted by Gasteiger charge is -2.03. The van der Waals surface area contributed by atoms with Gasteiger partial charge in [0.1, 0.15) is 5.65 Å². The molecule has 3 rings (SSSR count). The van der Waals surface area contributed by atoms with Crippen molar-refractivity contribution in [2.45, 2.75) is 13.5 Å². The van der Waals surface area contributed by atoms with E-state index in [0.29, 0.717) is 0 Å².